The van der Waals surface area contributed by atoms with Crippen molar-refractivity contribution < 1.29 is 18.0 Å². The third kappa shape index (κ3) is 7.19. The quantitative estimate of drug-likeness (QED) is 0.335. The summed E-state index contributed by atoms with van der Waals surface area (Å²) in [6, 6.07) is 18.2. The van der Waals surface area contributed by atoms with Crippen molar-refractivity contribution in [2.75, 3.05) is 17.4 Å². The van der Waals surface area contributed by atoms with E-state index in [9.17, 15) is 18.0 Å². The number of hydrogen-bond donors (Lipinski definition) is 1. The molecule has 2 amide bonds. The maximum atomic E-state index is 14.0. The second-order valence-electron chi connectivity index (χ2n) is 9.62. The molecule has 0 aliphatic heterocycles. The number of amides is 2. The Morgan fingerprint density at radius 3 is 2.26 bits per heavy atom. The maximum Gasteiger partial charge on any atom is 0.264 e. The summed E-state index contributed by atoms with van der Waals surface area (Å²) in [5.41, 5.74) is 3.57. The third-order valence-electron chi connectivity index (χ3n) is 6.71. The second kappa shape index (κ2) is 13.1. The molecule has 0 aliphatic carbocycles. The smallest absolute Gasteiger partial charge is 0.264 e. The van der Waals surface area contributed by atoms with Crippen LogP contribution in [0.25, 0.3) is 0 Å². The Morgan fingerprint density at radius 2 is 1.62 bits per heavy atom. The van der Waals surface area contributed by atoms with Crippen molar-refractivity contribution in [3.63, 3.8) is 0 Å². The molecular formula is C30H36ClN3O4S. The van der Waals surface area contributed by atoms with Crippen molar-refractivity contribution in [3.05, 3.63) is 94.0 Å². The van der Waals surface area contributed by atoms with E-state index >= 15 is 0 Å². The molecule has 0 saturated carbocycles. The summed E-state index contributed by atoms with van der Waals surface area (Å²) in [6.07, 6.45) is 0.751. The van der Waals surface area contributed by atoms with Gasteiger partial charge < -0.3 is 10.2 Å². The summed E-state index contributed by atoms with van der Waals surface area (Å²) in [5, 5.41) is 3.23. The van der Waals surface area contributed by atoms with E-state index < -0.39 is 28.5 Å². The first-order chi connectivity index (χ1) is 18.5. The van der Waals surface area contributed by atoms with Crippen molar-refractivity contribution in [2.24, 2.45) is 0 Å². The highest BCUT2D eigenvalue weighted by Gasteiger charge is 2.33. The van der Waals surface area contributed by atoms with E-state index in [4.69, 9.17) is 11.6 Å². The average molecular weight is 570 g/mol. The molecule has 0 heterocycles. The van der Waals surface area contributed by atoms with Gasteiger partial charge in [0.1, 0.15) is 12.6 Å². The molecule has 0 radical (unpaired) electrons. The Morgan fingerprint density at radius 1 is 0.949 bits per heavy atom. The van der Waals surface area contributed by atoms with Crippen LogP contribution in [0.15, 0.2) is 71.6 Å². The minimum atomic E-state index is -4.15. The van der Waals surface area contributed by atoms with Crippen molar-refractivity contribution >= 4 is 39.1 Å². The molecule has 3 aromatic carbocycles. The summed E-state index contributed by atoms with van der Waals surface area (Å²) < 4.78 is 29.0. The molecule has 7 nitrogen and oxygen atoms in total. The Kier molecular flexibility index (Phi) is 10.2. The van der Waals surface area contributed by atoms with Crippen LogP contribution >= 0.6 is 11.6 Å². The fraction of sp³-hybridized carbons (Fsp3) is 0.333. The Labute approximate surface area is 236 Å². The first-order valence-corrected chi connectivity index (χ1v) is 14.7. The lowest BCUT2D eigenvalue weighted by Crippen LogP contribution is -2.51. The van der Waals surface area contributed by atoms with Gasteiger partial charge in [-0.1, -0.05) is 66.6 Å². The molecular weight excluding hydrogens is 534 g/mol. The van der Waals surface area contributed by atoms with Gasteiger partial charge in [0.25, 0.3) is 10.0 Å². The van der Waals surface area contributed by atoms with Gasteiger partial charge in [-0.2, -0.15) is 0 Å². The van der Waals surface area contributed by atoms with Gasteiger partial charge in [0.05, 0.1) is 10.6 Å². The van der Waals surface area contributed by atoms with Gasteiger partial charge in [-0.05, 0) is 75.1 Å². The van der Waals surface area contributed by atoms with E-state index in [1.54, 1.807) is 44.2 Å². The number of carbonyl (C=O) groups is 2. The van der Waals surface area contributed by atoms with Crippen molar-refractivity contribution in [1.29, 1.82) is 0 Å². The number of carbonyl (C=O) groups excluding carboxylic acids is 2. The SMILES string of the molecule is CCCNC(=O)[C@@H](C)N(Cc1ccccc1C)C(=O)CN(c1cccc(Cl)c1C)S(=O)(=O)c1ccc(C)cc1. The lowest BCUT2D eigenvalue weighted by molar-refractivity contribution is -0.139. The molecule has 0 aromatic heterocycles. The molecule has 0 saturated heterocycles. The number of benzene rings is 3. The molecule has 3 aromatic rings. The molecule has 9 heteroatoms. The normalized spacial score (nSPS) is 12.1. The predicted molar refractivity (Wildman–Crippen MR) is 156 cm³/mol. The van der Waals surface area contributed by atoms with Gasteiger partial charge >= 0.3 is 0 Å². The van der Waals surface area contributed by atoms with E-state index in [0.29, 0.717) is 22.8 Å². The van der Waals surface area contributed by atoms with E-state index in [0.717, 1.165) is 27.4 Å². The number of aryl methyl sites for hydroxylation is 2. The van der Waals surface area contributed by atoms with Crippen LogP contribution < -0.4 is 9.62 Å². The molecule has 0 fully saturated rings. The molecule has 0 spiro atoms. The van der Waals surface area contributed by atoms with Crippen LogP contribution in [-0.2, 0) is 26.2 Å². The highest BCUT2D eigenvalue weighted by Crippen LogP contribution is 2.31. The van der Waals surface area contributed by atoms with Crippen LogP contribution in [0.5, 0.6) is 0 Å². The number of nitrogens with one attached hydrogen (secondary N) is 1. The van der Waals surface area contributed by atoms with Crippen molar-refractivity contribution in [1.82, 2.24) is 10.2 Å². The first kappa shape index (κ1) is 30.2. The lowest BCUT2D eigenvalue weighted by Gasteiger charge is -2.32. The molecule has 1 atom stereocenters. The molecule has 208 valence electrons. The number of nitrogens with zero attached hydrogens (tertiary/aromatic N) is 2. The van der Waals surface area contributed by atoms with Crippen LogP contribution in [0, 0.1) is 20.8 Å². The number of hydrogen-bond acceptors (Lipinski definition) is 4. The summed E-state index contributed by atoms with van der Waals surface area (Å²) in [5.74, 6) is -0.807. The molecule has 39 heavy (non-hydrogen) atoms. The van der Waals surface area contributed by atoms with Crippen LogP contribution in [-0.4, -0.2) is 44.3 Å². The second-order valence-corrected chi connectivity index (χ2v) is 11.9. The van der Waals surface area contributed by atoms with Crippen LogP contribution in [0.2, 0.25) is 5.02 Å². The molecule has 0 unspecified atom stereocenters. The van der Waals surface area contributed by atoms with Gasteiger partial charge in [-0.25, -0.2) is 8.42 Å². The van der Waals surface area contributed by atoms with Gasteiger partial charge in [-0.15, -0.1) is 0 Å². The average Bonchev–Trinajstić information content (AvgIpc) is 2.91. The third-order valence-corrected chi connectivity index (χ3v) is 8.90. The fourth-order valence-electron chi connectivity index (χ4n) is 4.17. The Bertz CT molecular complexity index is 1420. The predicted octanol–water partition coefficient (Wildman–Crippen LogP) is 5.40. The van der Waals surface area contributed by atoms with E-state index in [2.05, 4.69) is 5.32 Å². The van der Waals surface area contributed by atoms with E-state index in [1.165, 1.54) is 17.0 Å². The molecule has 1 N–H and O–H groups in total. The van der Waals surface area contributed by atoms with Crippen molar-refractivity contribution in [2.45, 2.75) is 58.5 Å². The minimum absolute atomic E-state index is 0.0551. The molecule has 0 aliphatic rings. The molecule has 0 bridgehead atoms. The zero-order valence-corrected chi connectivity index (χ0v) is 24.6. The summed E-state index contributed by atoms with van der Waals surface area (Å²) in [4.78, 5) is 28.5. The summed E-state index contributed by atoms with van der Waals surface area (Å²) in [7, 11) is -4.15. The van der Waals surface area contributed by atoms with Gasteiger partial charge in [0, 0.05) is 18.1 Å². The number of rotatable bonds is 11. The van der Waals surface area contributed by atoms with E-state index in [1.807, 2.05) is 45.0 Å². The fourth-order valence-corrected chi connectivity index (χ4v) is 5.81. The first-order valence-electron chi connectivity index (χ1n) is 12.9. The summed E-state index contributed by atoms with van der Waals surface area (Å²) >= 11 is 6.37. The van der Waals surface area contributed by atoms with Gasteiger partial charge in [-0.3, -0.25) is 13.9 Å². The summed E-state index contributed by atoms with van der Waals surface area (Å²) in [6.45, 7) is 9.24. The zero-order chi connectivity index (χ0) is 28.7. The van der Waals surface area contributed by atoms with Crippen LogP contribution in [0.3, 0.4) is 0 Å². The van der Waals surface area contributed by atoms with Gasteiger partial charge in [0.15, 0.2) is 0 Å². The lowest BCUT2D eigenvalue weighted by atomic mass is 10.1. The maximum absolute atomic E-state index is 14.0. The van der Waals surface area contributed by atoms with E-state index in [-0.39, 0.29) is 17.3 Å². The molecule has 3 rings (SSSR count). The van der Waals surface area contributed by atoms with Crippen molar-refractivity contribution in [3.8, 4) is 0 Å². The standard InChI is InChI=1S/C30H36ClN3O4S/c1-6-18-32-30(36)24(5)33(19-25-11-8-7-10-22(25)3)29(35)20-34(28-13-9-12-27(31)23(28)4)39(37,38)26-16-14-21(2)15-17-26/h7-17,24H,6,18-20H2,1-5H3,(H,32,36)/t24-/m1/s1. The monoisotopic (exact) mass is 569 g/mol. The highest BCUT2D eigenvalue weighted by atomic mass is 35.5. The Balaban J connectivity index is 2.07. The van der Waals surface area contributed by atoms with Crippen LogP contribution in [0.1, 0.15) is 42.5 Å². The highest BCUT2D eigenvalue weighted by molar-refractivity contribution is 7.92. The van der Waals surface area contributed by atoms with Gasteiger partial charge in [0.2, 0.25) is 11.8 Å². The minimum Gasteiger partial charge on any atom is -0.354 e. The Hall–Kier alpha value is -3.36. The number of anilines is 1. The zero-order valence-electron chi connectivity index (χ0n) is 23.1. The largest absolute Gasteiger partial charge is 0.354 e. The topological polar surface area (TPSA) is 86.8 Å². The van der Waals surface area contributed by atoms with Crippen LogP contribution in [0.4, 0.5) is 5.69 Å². The number of halogens is 1. The number of sulfonamides is 1.